The first-order valence-electron chi connectivity index (χ1n) is 10.9. The van der Waals surface area contributed by atoms with Crippen LogP contribution >= 0.6 is 0 Å². The van der Waals surface area contributed by atoms with Gasteiger partial charge in [0.25, 0.3) is 5.56 Å². The fourth-order valence-corrected chi connectivity index (χ4v) is 3.29. The molecule has 0 saturated carbocycles. The number of hydrogen-bond donors (Lipinski definition) is 1. The molecule has 1 aromatic carbocycles. The van der Waals surface area contributed by atoms with Gasteiger partial charge in [-0.2, -0.15) is 0 Å². The van der Waals surface area contributed by atoms with Crippen LogP contribution < -0.4 is 15.2 Å². The molecule has 0 spiro atoms. The van der Waals surface area contributed by atoms with Gasteiger partial charge in [-0.3, -0.25) is 14.3 Å². The summed E-state index contributed by atoms with van der Waals surface area (Å²) < 4.78 is 13.3. The van der Waals surface area contributed by atoms with Crippen molar-refractivity contribution < 1.29 is 19.4 Å². The monoisotopic (exact) mass is 432 g/mol. The van der Waals surface area contributed by atoms with Crippen molar-refractivity contribution in [3.05, 3.63) is 34.1 Å². The molecule has 0 radical (unpaired) electrons. The molecule has 0 saturated heterocycles. The van der Waals surface area contributed by atoms with Crippen LogP contribution in [0.25, 0.3) is 10.8 Å². The van der Waals surface area contributed by atoms with Crippen molar-refractivity contribution in [3.8, 4) is 5.75 Å². The third-order valence-corrected chi connectivity index (χ3v) is 4.72. The van der Waals surface area contributed by atoms with Crippen molar-refractivity contribution in [3.63, 3.8) is 0 Å². The van der Waals surface area contributed by atoms with Gasteiger partial charge < -0.3 is 14.6 Å². The predicted molar refractivity (Wildman–Crippen MR) is 124 cm³/mol. The number of anilines is 1. The summed E-state index contributed by atoms with van der Waals surface area (Å²) in [6.45, 7) is 12.2. The minimum atomic E-state index is -0.682. The minimum absolute atomic E-state index is 0.156. The fraction of sp³-hybridized carbons (Fsp3) is 0.583. The first-order valence-corrected chi connectivity index (χ1v) is 10.9. The molecule has 2 aromatic rings. The van der Waals surface area contributed by atoms with Gasteiger partial charge in [-0.1, -0.05) is 33.3 Å². The molecule has 1 aromatic heterocycles. The number of aliphatic hydroxyl groups is 1. The number of benzene rings is 1. The standard InChI is InChI=1S/C24H36N2O5/c1-8-9-12-30-20-19-13-17(15-27)10-11-18(19)22(28)26(14-16(2)3)21(20)25(7)23(29)31-24(4,5)6/h10-11,13,16,27H,8-9,12,14-15H2,1-7H3. The Morgan fingerprint density at radius 1 is 1.23 bits per heavy atom. The van der Waals surface area contributed by atoms with Crippen molar-refractivity contribution in [1.29, 1.82) is 0 Å². The van der Waals surface area contributed by atoms with Gasteiger partial charge >= 0.3 is 6.09 Å². The number of carbonyl (C=O) groups excluding carboxylic acids is 1. The van der Waals surface area contributed by atoms with Gasteiger partial charge in [-0.05, 0) is 50.8 Å². The lowest BCUT2D eigenvalue weighted by Gasteiger charge is -2.29. The maximum absolute atomic E-state index is 13.4. The van der Waals surface area contributed by atoms with E-state index in [1.165, 1.54) is 4.90 Å². The molecule has 1 heterocycles. The number of fused-ring (bicyclic) bond motifs is 1. The van der Waals surface area contributed by atoms with Crippen LogP contribution in [-0.4, -0.2) is 35.0 Å². The third-order valence-electron chi connectivity index (χ3n) is 4.72. The van der Waals surface area contributed by atoms with E-state index in [9.17, 15) is 14.7 Å². The second-order valence-electron chi connectivity index (χ2n) is 9.24. The normalized spacial score (nSPS) is 11.8. The topological polar surface area (TPSA) is 81.0 Å². The van der Waals surface area contributed by atoms with E-state index < -0.39 is 11.7 Å². The van der Waals surface area contributed by atoms with Crippen molar-refractivity contribution in [2.75, 3.05) is 18.6 Å². The van der Waals surface area contributed by atoms with E-state index in [0.717, 1.165) is 12.8 Å². The summed E-state index contributed by atoms with van der Waals surface area (Å²) >= 11 is 0. The van der Waals surface area contributed by atoms with E-state index in [1.807, 2.05) is 13.8 Å². The van der Waals surface area contributed by atoms with Crippen molar-refractivity contribution in [1.82, 2.24) is 4.57 Å². The molecule has 0 aliphatic rings. The Hall–Kier alpha value is -2.54. The van der Waals surface area contributed by atoms with Crippen LogP contribution in [0.4, 0.5) is 10.6 Å². The quantitative estimate of drug-likeness (QED) is 0.612. The molecule has 0 unspecified atom stereocenters. The lowest BCUT2D eigenvalue weighted by atomic mass is 10.1. The van der Waals surface area contributed by atoms with Crippen LogP contribution in [0, 0.1) is 5.92 Å². The number of hydrogen-bond acceptors (Lipinski definition) is 5. The van der Waals surface area contributed by atoms with Gasteiger partial charge in [0, 0.05) is 19.0 Å². The van der Waals surface area contributed by atoms with E-state index in [1.54, 1.807) is 50.6 Å². The molecule has 1 N–H and O–H groups in total. The lowest BCUT2D eigenvalue weighted by molar-refractivity contribution is 0.0585. The first-order chi connectivity index (χ1) is 14.5. The Labute approximate surface area is 184 Å². The molecule has 0 aliphatic heterocycles. The van der Waals surface area contributed by atoms with E-state index in [2.05, 4.69) is 6.92 Å². The smallest absolute Gasteiger partial charge is 0.415 e. The van der Waals surface area contributed by atoms with Crippen LogP contribution in [-0.2, 0) is 17.9 Å². The van der Waals surface area contributed by atoms with Crippen LogP contribution in [0.2, 0.25) is 0 Å². The maximum Gasteiger partial charge on any atom is 0.415 e. The zero-order valence-electron chi connectivity index (χ0n) is 19.8. The van der Waals surface area contributed by atoms with E-state index in [-0.39, 0.29) is 18.1 Å². The number of ether oxygens (including phenoxy) is 2. The molecule has 0 fully saturated rings. The summed E-state index contributed by atoms with van der Waals surface area (Å²) in [6.07, 6.45) is 1.21. The van der Waals surface area contributed by atoms with E-state index >= 15 is 0 Å². The Morgan fingerprint density at radius 3 is 2.45 bits per heavy atom. The van der Waals surface area contributed by atoms with Crippen LogP contribution in [0.15, 0.2) is 23.0 Å². The summed E-state index contributed by atoms with van der Waals surface area (Å²) in [7, 11) is 1.59. The second-order valence-corrected chi connectivity index (χ2v) is 9.24. The summed E-state index contributed by atoms with van der Waals surface area (Å²) in [5.74, 6) is 0.986. The van der Waals surface area contributed by atoms with Crippen LogP contribution in [0.5, 0.6) is 5.75 Å². The molecule has 7 heteroatoms. The molecule has 7 nitrogen and oxygen atoms in total. The number of unbranched alkanes of at least 4 members (excludes halogenated alkanes) is 1. The molecule has 0 atom stereocenters. The highest BCUT2D eigenvalue weighted by atomic mass is 16.6. The number of aromatic nitrogens is 1. The van der Waals surface area contributed by atoms with Gasteiger partial charge in [0.15, 0.2) is 11.6 Å². The summed E-state index contributed by atoms with van der Waals surface area (Å²) in [5, 5.41) is 10.7. The van der Waals surface area contributed by atoms with Crippen LogP contribution in [0.1, 0.15) is 59.9 Å². The number of carbonyl (C=O) groups is 1. The highest BCUT2D eigenvalue weighted by Crippen LogP contribution is 2.36. The molecule has 1 amide bonds. The SMILES string of the molecule is CCCCOc1c(N(C)C(=O)OC(C)(C)C)n(CC(C)C)c(=O)c2ccc(CO)cc12. The Bertz CT molecular complexity index is 973. The molecule has 31 heavy (non-hydrogen) atoms. The molecular formula is C24H36N2O5. The number of aliphatic hydroxyl groups excluding tert-OH is 1. The van der Waals surface area contributed by atoms with Crippen molar-refractivity contribution >= 4 is 22.7 Å². The van der Waals surface area contributed by atoms with Gasteiger partial charge in [0.1, 0.15) is 5.60 Å². The Kier molecular flexibility index (Phi) is 8.12. The number of pyridine rings is 1. The Balaban J connectivity index is 2.83. The number of nitrogens with zero attached hydrogens (tertiary/aromatic N) is 2. The van der Waals surface area contributed by atoms with Crippen molar-refractivity contribution in [2.24, 2.45) is 5.92 Å². The average Bonchev–Trinajstić information content (AvgIpc) is 2.68. The highest BCUT2D eigenvalue weighted by molar-refractivity contribution is 5.97. The summed E-state index contributed by atoms with van der Waals surface area (Å²) in [5.41, 5.74) is -0.222. The van der Waals surface area contributed by atoms with E-state index in [4.69, 9.17) is 9.47 Å². The second kappa shape index (κ2) is 10.2. The van der Waals surface area contributed by atoms with Gasteiger partial charge in [-0.15, -0.1) is 0 Å². The minimum Gasteiger partial charge on any atom is -0.489 e. The van der Waals surface area contributed by atoms with Gasteiger partial charge in [0.05, 0.1) is 18.6 Å². The summed E-state index contributed by atoms with van der Waals surface area (Å²) in [6, 6.07) is 5.20. The lowest BCUT2D eigenvalue weighted by Crippen LogP contribution is -2.38. The number of amides is 1. The molecule has 0 aliphatic carbocycles. The predicted octanol–water partition coefficient (Wildman–Crippen LogP) is 4.70. The summed E-state index contributed by atoms with van der Waals surface area (Å²) in [4.78, 5) is 27.7. The number of rotatable bonds is 8. The largest absolute Gasteiger partial charge is 0.489 e. The maximum atomic E-state index is 13.4. The van der Waals surface area contributed by atoms with Crippen molar-refractivity contribution in [2.45, 2.75) is 73.1 Å². The zero-order valence-corrected chi connectivity index (χ0v) is 19.8. The highest BCUT2D eigenvalue weighted by Gasteiger charge is 2.28. The molecule has 172 valence electrons. The zero-order chi connectivity index (χ0) is 23.3. The van der Waals surface area contributed by atoms with E-state index in [0.29, 0.717) is 41.1 Å². The molecular weight excluding hydrogens is 396 g/mol. The van der Waals surface area contributed by atoms with Gasteiger partial charge in [-0.25, -0.2) is 4.79 Å². The molecule has 2 rings (SSSR count). The third kappa shape index (κ3) is 6.00. The average molecular weight is 433 g/mol. The van der Waals surface area contributed by atoms with Gasteiger partial charge in [0.2, 0.25) is 0 Å². The molecule has 0 bridgehead atoms. The first kappa shape index (κ1) is 24.7. The fourth-order valence-electron chi connectivity index (χ4n) is 3.29. The Morgan fingerprint density at radius 2 is 1.90 bits per heavy atom. The van der Waals surface area contributed by atoms with Crippen LogP contribution in [0.3, 0.4) is 0 Å².